The van der Waals surface area contributed by atoms with Crippen LogP contribution in [0.4, 0.5) is 0 Å². The summed E-state index contributed by atoms with van der Waals surface area (Å²) in [6.45, 7) is 6.37. The molecule has 19 heavy (non-hydrogen) atoms. The molecule has 1 aromatic heterocycles. The first-order valence-electron chi connectivity index (χ1n) is 5.79. The van der Waals surface area contributed by atoms with Gasteiger partial charge in [-0.3, -0.25) is 0 Å². The Hall–Kier alpha value is -0.200. The van der Waals surface area contributed by atoms with Crippen LogP contribution < -0.4 is 0 Å². The zero-order valence-corrected chi connectivity index (χ0v) is 15.3. The molecule has 0 fully saturated rings. The first-order valence-corrected chi connectivity index (χ1v) is 8.04. The van der Waals surface area contributed by atoms with Crippen molar-refractivity contribution < 1.29 is 0 Å². The first kappa shape index (κ1) is 15.2. The summed E-state index contributed by atoms with van der Waals surface area (Å²) in [4.78, 5) is 9.10. The van der Waals surface area contributed by atoms with Crippen LogP contribution in [0.15, 0.2) is 28.7 Å². The Kier molecular flexibility index (Phi) is 4.52. The molecule has 0 saturated carbocycles. The van der Waals surface area contributed by atoms with Crippen LogP contribution in [0.25, 0.3) is 11.4 Å². The van der Waals surface area contributed by atoms with Crippen molar-refractivity contribution in [3.05, 3.63) is 43.2 Å². The predicted molar refractivity (Wildman–Crippen MR) is 91.6 cm³/mol. The molecule has 100 valence electrons. The van der Waals surface area contributed by atoms with Gasteiger partial charge < -0.3 is 0 Å². The minimum Gasteiger partial charge on any atom is -0.231 e. The minimum absolute atomic E-state index is 0.0703. The number of halogens is 3. The molecule has 0 aliphatic rings. The van der Waals surface area contributed by atoms with E-state index in [-0.39, 0.29) is 5.41 Å². The van der Waals surface area contributed by atoms with Crippen molar-refractivity contribution in [3.63, 3.8) is 0 Å². The summed E-state index contributed by atoms with van der Waals surface area (Å²) in [5.41, 5.74) is 1.85. The maximum atomic E-state index is 6.25. The molecular weight excluding hydrogens is 438 g/mol. The summed E-state index contributed by atoms with van der Waals surface area (Å²) in [5.74, 6) is 0.655. The summed E-state index contributed by atoms with van der Waals surface area (Å²) in [5, 5.41) is 0.506. The summed E-state index contributed by atoms with van der Waals surface area (Å²) >= 11 is 12.0. The smallest absolute Gasteiger partial charge is 0.162 e. The van der Waals surface area contributed by atoms with Crippen molar-refractivity contribution in [2.45, 2.75) is 26.2 Å². The van der Waals surface area contributed by atoms with E-state index in [0.29, 0.717) is 11.0 Å². The maximum absolute atomic E-state index is 6.25. The van der Waals surface area contributed by atoms with E-state index in [1.165, 1.54) is 0 Å². The van der Waals surface area contributed by atoms with Gasteiger partial charge in [0, 0.05) is 15.5 Å². The fourth-order valence-corrected chi connectivity index (χ4v) is 3.36. The average Bonchev–Trinajstić information content (AvgIpc) is 2.31. The van der Waals surface area contributed by atoms with E-state index in [1.807, 2.05) is 24.3 Å². The molecule has 0 aliphatic carbocycles. The van der Waals surface area contributed by atoms with Gasteiger partial charge in [-0.15, -0.1) is 0 Å². The summed E-state index contributed by atoms with van der Waals surface area (Å²) in [6.07, 6.45) is 0. The highest BCUT2D eigenvalue weighted by atomic mass is 127. The van der Waals surface area contributed by atoms with E-state index in [1.54, 1.807) is 0 Å². The number of hydrogen-bond acceptors (Lipinski definition) is 2. The third-order valence-electron chi connectivity index (χ3n) is 2.64. The van der Waals surface area contributed by atoms with Gasteiger partial charge in [0.15, 0.2) is 5.82 Å². The molecule has 5 heteroatoms. The molecule has 2 aromatic rings. The maximum Gasteiger partial charge on any atom is 0.162 e. The zero-order chi connectivity index (χ0) is 14.2. The molecular formula is C14H13BrClIN2. The summed E-state index contributed by atoms with van der Waals surface area (Å²) in [7, 11) is 0. The number of hydrogen-bond donors (Lipinski definition) is 0. The molecule has 0 amide bonds. The summed E-state index contributed by atoms with van der Waals surface area (Å²) < 4.78 is 1.88. The molecule has 2 rings (SSSR count). The molecule has 0 radical (unpaired) electrons. The molecule has 2 nitrogen and oxygen atoms in total. The Bertz CT molecular complexity index is 623. The van der Waals surface area contributed by atoms with Gasteiger partial charge in [0.1, 0.15) is 5.15 Å². The zero-order valence-electron chi connectivity index (χ0n) is 10.8. The normalized spacial score (nSPS) is 11.7. The lowest BCUT2D eigenvalue weighted by atomic mass is 9.92. The lowest BCUT2D eigenvalue weighted by Gasteiger charge is -2.20. The van der Waals surface area contributed by atoms with Crippen LogP contribution in [0.5, 0.6) is 0 Å². The first-order chi connectivity index (χ1) is 8.80. The molecule has 0 N–H and O–H groups in total. The Morgan fingerprint density at radius 1 is 1.16 bits per heavy atom. The van der Waals surface area contributed by atoms with E-state index >= 15 is 0 Å². The van der Waals surface area contributed by atoms with Crippen molar-refractivity contribution in [3.8, 4) is 11.4 Å². The number of aromatic nitrogens is 2. The third kappa shape index (κ3) is 3.28. The van der Waals surface area contributed by atoms with E-state index in [0.717, 1.165) is 19.3 Å². The highest BCUT2D eigenvalue weighted by molar-refractivity contribution is 14.1. The van der Waals surface area contributed by atoms with E-state index in [2.05, 4.69) is 64.3 Å². The van der Waals surface area contributed by atoms with Gasteiger partial charge in [-0.25, -0.2) is 9.97 Å². The lowest BCUT2D eigenvalue weighted by Crippen LogP contribution is -2.17. The molecule has 1 heterocycles. The molecule has 0 bridgehead atoms. The van der Waals surface area contributed by atoms with Crippen LogP contribution in [-0.2, 0) is 5.41 Å². The monoisotopic (exact) mass is 450 g/mol. The minimum atomic E-state index is -0.0703. The predicted octanol–water partition coefficient (Wildman–Crippen LogP) is 5.46. The van der Waals surface area contributed by atoms with Gasteiger partial charge in [0.25, 0.3) is 0 Å². The number of rotatable bonds is 1. The van der Waals surface area contributed by atoms with Crippen molar-refractivity contribution in [2.75, 3.05) is 0 Å². The number of benzene rings is 1. The lowest BCUT2D eigenvalue weighted by molar-refractivity contribution is 0.563. The van der Waals surface area contributed by atoms with Crippen LogP contribution in [-0.4, -0.2) is 9.97 Å². The fraction of sp³-hybridized carbons (Fsp3) is 0.286. The van der Waals surface area contributed by atoms with Gasteiger partial charge in [-0.1, -0.05) is 66.5 Å². The largest absolute Gasteiger partial charge is 0.231 e. The van der Waals surface area contributed by atoms with Crippen molar-refractivity contribution >= 4 is 50.1 Å². The summed E-state index contributed by atoms with van der Waals surface area (Å²) in [6, 6.07) is 7.88. The van der Waals surface area contributed by atoms with E-state index < -0.39 is 0 Å². The van der Waals surface area contributed by atoms with Crippen LogP contribution >= 0.6 is 50.1 Å². The van der Waals surface area contributed by atoms with E-state index in [4.69, 9.17) is 16.6 Å². The quantitative estimate of drug-likeness (QED) is 0.425. The van der Waals surface area contributed by atoms with Gasteiger partial charge in [-0.2, -0.15) is 0 Å². The molecule has 0 unspecified atom stereocenters. The standard InChI is InChI=1S/C14H13BrClIN2/c1-14(2,3)11-10(17)12(16)19-13(18-11)8-6-4-5-7-9(8)15/h4-7H,1-3H3. The van der Waals surface area contributed by atoms with Crippen molar-refractivity contribution in [1.29, 1.82) is 0 Å². The highest BCUT2D eigenvalue weighted by Crippen LogP contribution is 2.33. The Balaban J connectivity index is 2.68. The van der Waals surface area contributed by atoms with Gasteiger partial charge in [-0.05, 0) is 28.7 Å². The molecule has 0 saturated heterocycles. The second-order valence-electron chi connectivity index (χ2n) is 5.23. The average molecular weight is 452 g/mol. The SMILES string of the molecule is CC(C)(C)c1nc(-c2ccccc2Br)nc(Cl)c1I. The van der Waals surface area contributed by atoms with Gasteiger partial charge >= 0.3 is 0 Å². The van der Waals surface area contributed by atoms with E-state index in [9.17, 15) is 0 Å². The third-order valence-corrected chi connectivity index (χ3v) is 4.94. The molecule has 0 aliphatic heterocycles. The van der Waals surface area contributed by atoms with Crippen LogP contribution in [0.3, 0.4) is 0 Å². The van der Waals surface area contributed by atoms with Crippen molar-refractivity contribution in [2.24, 2.45) is 0 Å². The van der Waals surface area contributed by atoms with Crippen LogP contribution in [0, 0.1) is 3.57 Å². The Morgan fingerprint density at radius 3 is 2.37 bits per heavy atom. The van der Waals surface area contributed by atoms with Crippen LogP contribution in [0.2, 0.25) is 5.15 Å². The topological polar surface area (TPSA) is 25.8 Å². The molecule has 0 spiro atoms. The fourth-order valence-electron chi connectivity index (χ4n) is 1.68. The van der Waals surface area contributed by atoms with Crippen LogP contribution in [0.1, 0.15) is 26.5 Å². The molecule has 0 atom stereocenters. The second kappa shape index (κ2) is 5.66. The second-order valence-corrected chi connectivity index (χ2v) is 7.52. The van der Waals surface area contributed by atoms with Gasteiger partial charge in [0.05, 0.1) is 9.26 Å². The molecule has 1 aromatic carbocycles. The number of nitrogens with zero attached hydrogens (tertiary/aromatic N) is 2. The highest BCUT2D eigenvalue weighted by Gasteiger charge is 2.23. The van der Waals surface area contributed by atoms with Crippen molar-refractivity contribution in [1.82, 2.24) is 9.97 Å². The Morgan fingerprint density at radius 2 is 1.79 bits per heavy atom. The van der Waals surface area contributed by atoms with Gasteiger partial charge in [0.2, 0.25) is 0 Å². The Labute approximate surface area is 140 Å².